The topological polar surface area (TPSA) is 108 Å². The lowest BCUT2D eigenvalue weighted by Crippen LogP contribution is -2.37. The van der Waals surface area contributed by atoms with E-state index in [0.717, 1.165) is 77.0 Å². The number of likely N-dealkylation sites (N-methyl/N-ethyl adjacent to an activating group) is 1. The molecule has 0 bridgehead atoms. The van der Waals surface area contributed by atoms with Gasteiger partial charge in [-0.05, 0) is 77.0 Å². The molecule has 0 amide bonds. The number of unbranched alkanes of at least 4 members (excludes halogenated alkanes) is 9. The average molecular weight is 885 g/mol. The highest BCUT2D eigenvalue weighted by atomic mass is 31.2. The molecule has 0 aliphatic carbocycles. The van der Waals surface area contributed by atoms with Crippen LogP contribution in [0, 0.1) is 0 Å². The summed E-state index contributed by atoms with van der Waals surface area (Å²) >= 11 is 0. The van der Waals surface area contributed by atoms with Crippen molar-refractivity contribution in [2.45, 2.75) is 161 Å². The highest BCUT2D eigenvalue weighted by Gasteiger charge is 2.27. The van der Waals surface area contributed by atoms with Crippen LogP contribution in [0.5, 0.6) is 0 Å². The molecule has 0 aromatic carbocycles. The maximum Gasteiger partial charge on any atom is 0.472 e. The van der Waals surface area contributed by atoms with Crippen LogP contribution in [0.2, 0.25) is 0 Å². The van der Waals surface area contributed by atoms with Crippen LogP contribution in [0.25, 0.3) is 0 Å². The highest BCUT2D eigenvalue weighted by Crippen LogP contribution is 2.43. The quantitative estimate of drug-likeness (QED) is 0.0213. The van der Waals surface area contributed by atoms with Crippen molar-refractivity contribution in [1.29, 1.82) is 0 Å². The number of carbonyl (C=O) groups excluding carboxylic acids is 2. The number of hydrogen-bond acceptors (Lipinski definition) is 7. The van der Waals surface area contributed by atoms with Crippen LogP contribution < -0.4 is 0 Å². The van der Waals surface area contributed by atoms with E-state index < -0.39 is 32.5 Å². The minimum absolute atomic E-state index is 0.0154. The van der Waals surface area contributed by atoms with E-state index in [1.165, 1.54) is 38.5 Å². The minimum atomic E-state index is -4.39. The van der Waals surface area contributed by atoms with Crippen LogP contribution in [0.15, 0.2) is 109 Å². The zero-order chi connectivity index (χ0) is 45.7. The summed E-state index contributed by atoms with van der Waals surface area (Å²) in [6, 6.07) is 0. The third kappa shape index (κ3) is 46.2. The summed E-state index contributed by atoms with van der Waals surface area (Å²) in [4.78, 5) is 35.3. The first kappa shape index (κ1) is 58.7. The van der Waals surface area contributed by atoms with Gasteiger partial charge in [-0.25, -0.2) is 4.57 Å². The van der Waals surface area contributed by atoms with Crippen LogP contribution in [-0.2, 0) is 32.7 Å². The molecule has 10 heteroatoms. The molecule has 1 N–H and O–H groups in total. The summed E-state index contributed by atoms with van der Waals surface area (Å²) in [5.41, 5.74) is 0. The summed E-state index contributed by atoms with van der Waals surface area (Å²) in [5.74, 6) is -0.882. The van der Waals surface area contributed by atoms with Gasteiger partial charge in [0, 0.05) is 12.8 Å². The number of ether oxygens (including phenoxy) is 2. The van der Waals surface area contributed by atoms with E-state index in [0.29, 0.717) is 23.9 Å². The molecular weight excluding hydrogens is 798 g/mol. The predicted molar refractivity (Wildman–Crippen MR) is 261 cm³/mol. The summed E-state index contributed by atoms with van der Waals surface area (Å²) in [7, 11) is 1.42. The summed E-state index contributed by atoms with van der Waals surface area (Å²) in [6.45, 7) is 4.19. The van der Waals surface area contributed by atoms with Crippen LogP contribution in [0.3, 0.4) is 0 Å². The van der Waals surface area contributed by atoms with E-state index in [1.54, 1.807) is 0 Å². The lowest BCUT2D eigenvalue weighted by Gasteiger charge is -2.24. The fourth-order valence-corrected chi connectivity index (χ4v) is 6.40. The van der Waals surface area contributed by atoms with Crippen molar-refractivity contribution in [2.24, 2.45) is 0 Å². The van der Waals surface area contributed by atoms with Gasteiger partial charge in [0.1, 0.15) is 19.8 Å². The lowest BCUT2D eigenvalue weighted by atomic mass is 10.1. The van der Waals surface area contributed by atoms with E-state index >= 15 is 0 Å². The number of phosphoric ester groups is 1. The normalized spacial score (nSPS) is 14.5. The summed E-state index contributed by atoms with van der Waals surface area (Å²) < 4.78 is 34.2. The smallest absolute Gasteiger partial charge is 0.462 e. The fraction of sp³-hybridized carbons (Fsp3) is 0.615. The summed E-state index contributed by atoms with van der Waals surface area (Å²) in [6.07, 6.45) is 58.8. The molecule has 9 nitrogen and oxygen atoms in total. The first-order chi connectivity index (χ1) is 30.0. The fourth-order valence-electron chi connectivity index (χ4n) is 5.66. The average Bonchev–Trinajstić information content (AvgIpc) is 3.23. The number of carbonyl (C=O) groups is 2. The van der Waals surface area contributed by atoms with E-state index in [4.69, 9.17) is 18.5 Å². The molecule has 0 heterocycles. The number of esters is 2. The Balaban J connectivity index is 4.36. The van der Waals surface area contributed by atoms with E-state index in [2.05, 4.69) is 117 Å². The SMILES string of the molecule is CC/C=C\C/C=C\C/C=C\C/C=C\C/C=C\C/C=C\C/C=C\C/C=C\C/C=C\CCCC(=O)OC(COC(=O)CCCCCCCCCCC)COP(=O)(O)OCC[N+](C)(C)C. The molecule has 0 saturated carbocycles. The van der Waals surface area contributed by atoms with Gasteiger partial charge in [0.25, 0.3) is 0 Å². The van der Waals surface area contributed by atoms with E-state index in [1.807, 2.05) is 27.2 Å². The van der Waals surface area contributed by atoms with Crippen LogP contribution in [-0.4, -0.2) is 74.9 Å². The second-order valence-corrected chi connectivity index (χ2v) is 17.9. The van der Waals surface area contributed by atoms with Gasteiger partial charge in [0.05, 0.1) is 27.7 Å². The van der Waals surface area contributed by atoms with E-state index in [-0.39, 0.29) is 26.1 Å². The molecule has 352 valence electrons. The van der Waals surface area contributed by atoms with Gasteiger partial charge >= 0.3 is 19.8 Å². The second-order valence-electron chi connectivity index (χ2n) is 16.4. The third-order valence-corrected chi connectivity index (χ3v) is 10.3. The zero-order valence-electron chi connectivity index (χ0n) is 39.6. The Morgan fingerprint density at radius 1 is 0.516 bits per heavy atom. The number of rotatable bonds is 41. The van der Waals surface area contributed by atoms with Gasteiger partial charge in [-0.2, -0.15) is 0 Å². The van der Waals surface area contributed by atoms with Crippen molar-refractivity contribution in [1.82, 2.24) is 0 Å². The van der Waals surface area contributed by atoms with Crippen molar-refractivity contribution in [3.05, 3.63) is 109 Å². The van der Waals surface area contributed by atoms with Gasteiger partial charge in [0.2, 0.25) is 0 Å². The van der Waals surface area contributed by atoms with Crippen molar-refractivity contribution < 1.29 is 42.1 Å². The number of nitrogens with zero attached hydrogens (tertiary/aromatic N) is 1. The Morgan fingerprint density at radius 2 is 0.919 bits per heavy atom. The molecule has 0 aromatic heterocycles. The van der Waals surface area contributed by atoms with Crippen molar-refractivity contribution in [2.75, 3.05) is 47.5 Å². The lowest BCUT2D eigenvalue weighted by molar-refractivity contribution is -0.870. The molecule has 0 aliphatic rings. The standard InChI is InChI=1S/C52H86NO8P/c1-6-8-10-12-14-16-17-18-19-20-21-22-23-24-25-26-27-28-29-30-31-32-33-34-35-37-39-41-43-45-52(55)61-50(49-60-62(56,57)59-47-46-53(3,4)5)48-58-51(54)44-42-40-38-36-15-13-11-9-7-2/h8,10,14,16,18-19,21-22,24-25,27-28,30-31,33-34,37,39,50H,6-7,9,11-13,15,17,20,23,26,29,32,35-36,38,40-49H2,1-5H3/p+1/b10-8-,16-14-,19-18-,22-21-,25-24-,28-27-,31-30-,34-33-,39-37-. The number of hydrogen-bond donors (Lipinski definition) is 1. The van der Waals surface area contributed by atoms with Gasteiger partial charge < -0.3 is 18.9 Å². The van der Waals surface area contributed by atoms with Crippen molar-refractivity contribution >= 4 is 19.8 Å². The van der Waals surface area contributed by atoms with Gasteiger partial charge in [-0.1, -0.05) is 175 Å². The molecule has 0 aromatic rings. The number of quaternary nitrogens is 1. The molecule has 0 saturated heterocycles. The van der Waals surface area contributed by atoms with Crippen LogP contribution >= 0.6 is 7.82 Å². The van der Waals surface area contributed by atoms with Crippen molar-refractivity contribution in [3.63, 3.8) is 0 Å². The molecule has 2 atom stereocenters. The minimum Gasteiger partial charge on any atom is -0.462 e. The van der Waals surface area contributed by atoms with Crippen molar-refractivity contribution in [3.8, 4) is 0 Å². The largest absolute Gasteiger partial charge is 0.472 e. The Bertz CT molecular complexity index is 1420. The van der Waals surface area contributed by atoms with Gasteiger partial charge in [0.15, 0.2) is 6.10 Å². The molecule has 0 rings (SSSR count). The van der Waals surface area contributed by atoms with Crippen LogP contribution in [0.4, 0.5) is 0 Å². The van der Waals surface area contributed by atoms with Gasteiger partial charge in [-0.15, -0.1) is 0 Å². The molecule has 0 radical (unpaired) electrons. The van der Waals surface area contributed by atoms with Gasteiger partial charge in [-0.3, -0.25) is 18.6 Å². The Morgan fingerprint density at radius 3 is 1.35 bits per heavy atom. The maximum absolute atomic E-state index is 12.7. The first-order valence-corrected chi connectivity index (χ1v) is 25.1. The molecule has 0 fully saturated rings. The zero-order valence-corrected chi connectivity index (χ0v) is 40.4. The Hall–Kier alpha value is -3.33. The molecular formula is C52H87NO8P+. The number of allylic oxidation sites excluding steroid dienone is 18. The summed E-state index contributed by atoms with van der Waals surface area (Å²) in [5, 5.41) is 0. The highest BCUT2D eigenvalue weighted by molar-refractivity contribution is 7.47. The monoisotopic (exact) mass is 885 g/mol. The molecule has 2 unspecified atom stereocenters. The Kier molecular flexibility index (Phi) is 40.6. The number of phosphoric acid groups is 1. The molecule has 0 spiro atoms. The maximum atomic E-state index is 12.7. The second kappa shape index (κ2) is 42.9. The predicted octanol–water partition coefficient (Wildman–Crippen LogP) is 13.9. The Labute approximate surface area is 378 Å². The third-order valence-electron chi connectivity index (χ3n) is 9.32. The van der Waals surface area contributed by atoms with Crippen LogP contribution in [0.1, 0.15) is 155 Å². The molecule has 0 aliphatic heterocycles. The van der Waals surface area contributed by atoms with E-state index in [9.17, 15) is 19.0 Å². The molecule has 62 heavy (non-hydrogen) atoms. The first-order valence-electron chi connectivity index (χ1n) is 23.6.